The summed E-state index contributed by atoms with van der Waals surface area (Å²) in [4.78, 5) is 6.49. The number of rotatable bonds is 6. The van der Waals surface area contributed by atoms with E-state index in [-0.39, 0.29) is 51.2 Å². The first-order valence-corrected chi connectivity index (χ1v) is 12.8. The standard InChI is InChI=1S/C26H25N5O4S.Na/c27-26-22-7-2-1-6-21(22)25(36(32,33)34)15-24(26)30-29-20-8-9-23(28-16-20)19-5-3-4-18(14-19)17-31-10-12-35-13-11-31;/h1-9,14-16H,10-13,17,27H2,(H,32,33,34);/q;+1/p-1. The number of hydrogen-bond donors (Lipinski definition) is 1. The van der Waals surface area contributed by atoms with E-state index in [1.165, 1.54) is 11.6 Å². The molecule has 0 atom stereocenters. The predicted octanol–water partition coefficient (Wildman–Crippen LogP) is 1.64. The van der Waals surface area contributed by atoms with Crippen molar-refractivity contribution in [1.82, 2.24) is 9.88 Å². The fourth-order valence-electron chi connectivity index (χ4n) is 4.21. The first kappa shape index (κ1) is 27.3. The van der Waals surface area contributed by atoms with Crippen LogP contribution in [-0.4, -0.2) is 49.2 Å². The second kappa shape index (κ2) is 11.8. The maximum atomic E-state index is 11.8. The summed E-state index contributed by atoms with van der Waals surface area (Å²) in [5, 5.41) is 8.97. The molecule has 0 amide bonds. The van der Waals surface area contributed by atoms with Gasteiger partial charge < -0.3 is 15.0 Å². The van der Waals surface area contributed by atoms with Gasteiger partial charge >= 0.3 is 29.6 Å². The van der Waals surface area contributed by atoms with Crippen LogP contribution in [-0.2, 0) is 21.4 Å². The Morgan fingerprint density at radius 1 is 0.973 bits per heavy atom. The Morgan fingerprint density at radius 3 is 2.43 bits per heavy atom. The Kier molecular flexibility index (Phi) is 8.71. The Morgan fingerprint density at radius 2 is 1.73 bits per heavy atom. The molecule has 5 rings (SSSR count). The van der Waals surface area contributed by atoms with Crippen molar-refractivity contribution in [2.24, 2.45) is 10.2 Å². The molecule has 1 aromatic heterocycles. The van der Waals surface area contributed by atoms with E-state index in [0.717, 1.165) is 50.2 Å². The summed E-state index contributed by atoms with van der Waals surface area (Å²) in [6.45, 7) is 4.22. The smallest absolute Gasteiger partial charge is 0.744 e. The summed E-state index contributed by atoms with van der Waals surface area (Å²) in [5.74, 6) is 0. The fourth-order valence-corrected chi connectivity index (χ4v) is 4.92. The molecule has 1 fully saturated rings. The number of hydrogen-bond acceptors (Lipinski definition) is 9. The fraction of sp³-hybridized carbons (Fsp3) is 0.192. The average molecular weight is 526 g/mol. The number of benzene rings is 3. The number of anilines is 1. The number of fused-ring (bicyclic) bond motifs is 1. The van der Waals surface area contributed by atoms with Crippen molar-refractivity contribution < 1.29 is 47.3 Å². The van der Waals surface area contributed by atoms with Gasteiger partial charge in [-0.2, -0.15) is 0 Å². The van der Waals surface area contributed by atoms with E-state index in [1.54, 1.807) is 30.5 Å². The number of aromatic nitrogens is 1. The van der Waals surface area contributed by atoms with Gasteiger partial charge in [0.1, 0.15) is 21.5 Å². The van der Waals surface area contributed by atoms with Crippen LogP contribution in [0.15, 0.2) is 88.1 Å². The second-order valence-electron chi connectivity index (χ2n) is 8.50. The van der Waals surface area contributed by atoms with Gasteiger partial charge in [-0.15, -0.1) is 10.2 Å². The number of azo groups is 1. The molecule has 184 valence electrons. The van der Waals surface area contributed by atoms with Gasteiger partial charge in [0.2, 0.25) is 0 Å². The number of ether oxygens (including phenoxy) is 1. The van der Waals surface area contributed by atoms with Crippen LogP contribution in [0.3, 0.4) is 0 Å². The van der Waals surface area contributed by atoms with Crippen molar-refractivity contribution in [3.05, 3.63) is 78.5 Å². The van der Waals surface area contributed by atoms with E-state index < -0.39 is 10.1 Å². The topological polar surface area (TPSA) is 133 Å². The van der Waals surface area contributed by atoms with Crippen molar-refractivity contribution >= 4 is 38.0 Å². The zero-order valence-electron chi connectivity index (χ0n) is 20.4. The Hall–Kier alpha value is -2.70. The van der Waals surface area contributed by atoms with Gasteiger partial charge in [-0.25, -0.2) is 8.42 Å². The third kappa shape index (κ3) is 6.42. The number of morpholine rings is 1. The zero-order chi connectivity index (χ0) is 25.1. The summed E-state index contributed by atoms with van der Waals surface area (Å²) in [6.07, 6.45) is 1.58. The van der Waals surface area contributed by atoms with Gasteiger partial charge in [-0.05, 0) is 29.8 Å². The minimum Gasteiger partial charge on any atom is -0.744 e. The molecule has 11 heteroatoms. The number of nitrogens with two attached hydrogens (primary N) is 1. The molecule has 1 aliphatic heterocycles. The van der Waals surface area contributed by atoms with Crippen molar-refractivity contribution in [3.8, 4) is 11.3 Å². The molecule has 0 spiro atoms. The normalized spacial score (nSPS) is 14.6. The summed E-state index contributed by atoms with van der Waals surface area (Å²) in [6, 6.07) is 19.6. The van der Waals surface area contributed by atoms with Crippen LogP contribution in [0.5, 0.6) is 0 Å². The Balaban J connectivity index is 0.00000320. The van der Waals surface area contributed by atoms with E-state index >= 15 is 0 Å². The molecular formula is C26H24N5NaO4S. The molecule has 0 saturated carbocycles. The van der Waals surface area contributed by atoms with Crippen molar-refractivity contribution in [1.29, 1.82) is 0 Å². The van der Waals surface area contributed by atoms with Crippen LogP contribution in [0, 0.1) is 0 Å². The largest absolute Gasteiger partial charge is 1.00 e. The van der Waals surface area contributed by atoms with Gasteiger partial charge in [0, 0.05) is 36.0 Å². The number of pyridine rings is 1. The molecule has 1 aliphatic rings. The van der Waals surface area contributed by atoms with Crippen LogP contribution in [0.2, 0.25) is 0 Å². The Labute approximate surface area is 237 Å². The molecule has 0 unspecified atom stereocenters. The molecule has 0 radical (unpaired) electrons. The maximum absolute atomic E-state index is 11.8. The molecule has 3 aromatic carbocycles. The average Bonchev–Trinajstić information content (AvgIpc) is 2.89. The summed E-state index contributed by atoms with van der Waals surface area (Å²) < 4.78 is 40.8. The minimum absolute atomic E-state index is 0. The van der Waals surface area contributed by atoms with E-state index in [9.17, 15) is 13.0 Å². The number of nitrogen functional groups attached to an aromatic ring is 1. The van der Waals surface area contributed by atoms with Crippen LogP contribution in [0.25, 0.3) is 22.0 Å². The van der Waals surface area contributed by atoms with E-state index in [2.05, 4.69) is 32.2 Å². The molecule has 1 saturated heterocycles. The van der Waals surface area contributed by atoms with E-state index in [4.69, 9.17) is 10.5 Å². The maximum Gasteiger partial charge on any atom is 1.00 e. The minimum atomic E-state index is -4.73. The monoisotopic (exact) mass is 525 g/mol. The molecule has 2 heterocycles. The van der Waals surface area contributed by atoms with Crippen molar-refractivity contribution in [2.75, 3.05) is 32.0 Å². The van der Waals surface area contributed by atoms with Gasteiger partial charge in [-0.3, -0.25) is 9.88 Å². The van der Waals surface area contributed by atoms with Gasteiger partial charge in [0.25, 0.3) is 0 Å². The molecule has 0 aliphatic carbocycles. The van der Waals surface area contributed by atoms with E-state index in [0.29, 0.717) is 11.1 Å². The molecular weight excluding hydrogens is 501 g/mol. The summed E-state index contributed by atoms with van der Waals surface area (Å²) >= 11 is 0. The Bertz CT molecular complexity index is 1540. The molecule has 2 N–H and O–H groups in total. The first-order valence-electron chi connectivity index (χ1n) is 11.4. The SMILES string of the molecule is Nc1c(N=Nc2ccc(-c3cccc(CN4CCOCC4)c3)nc2)cc(S(=O)(=O)[O-])c2ccccc12.[Na+]. The van der Waals surface area contributed by atoms with Gasteiger partial charge in [0.15, 0.2) is 0 Å². The van der Waals surface area contributed by atoms with Crippen LogP contribution in [0.4, 0.5) is 17.1 Å². The summed E-state index contributed by atoms with van der Waals surface area (Å²) in [7, 11) is -4.73. The first-order chi connectivity index (χ1) is 17.4. The molecule has 9 nitrogen and oxygen atoms in total. The predicted molar refractivity (Wildman–Crippen MR) is 136 cm³/mol. The zero-order valence-corrected chi connectivity index (χ0v) is 23.2. The van der Waals surface area contributed by atoms with Gasteiger partial charge in [0.05, 0.1) is 35.7 Å². The van der Waals surface area contributed by atoms with E-state index in [1.807, 2.05) is 18.2 Å². The van der Waals surface area contributed by atoms with Crippen LogP contribution < -0.4 is 35.3 Å². The second-order valence-corrected chi connectivity index (χ2v) is 9.85. The molecule has 37 heavy (non-hydrogen) atoms. The third-order valence-corrected chi connectivity index (χ3v) is 6.93. The molecule has 0 bridgehead atoms. The van der Waals surface area contributed by atoms with Gasteiger partial charge in [-0.1, -0.05) is 42.5 Å². The third-order valence-electron chi connectivity index (χ3n) is 6.05. The van der Waals surface area contributed by atoms with Crippen LogP contribution >= 0.6 is 0 Å². The van der Waals surface area contributed by atoms with Crippen molar-refractivity contribution in [2.45, 2.75) is 11.4 Å². The quantitative estimate of drug-likeness (QED) is 0.175. The molecule has 4 aromatic rings. The van der Waals surface area contributed by atoms with Crippen molar-refractivity contribution in [3.63, 3.8) is 0 Å². The summed E-state index contributed by atoms with van der Waals surface area (Å²) in [5.41, 5.74) is 9.99. The van der Waals surface area contributed by atoms with Crippen LogP contribution in [0.1, 0.15) is 5.56 Å². The number of nitrogens with zero attached hydrogens (tertiary/aromatic N) is 4.